The van der Waals surface area contributed by atoms with Crippen LogP contribution in [0.2, 0.25) is 0 Å². The third kappa shape index (κ3) is 4.14. The molecule has 122 valence electrons. The molecule has 0 aliphatic carbocycles. The SMILES string of the molecule is Cc1cccc(N2CCN(CCCc3ccccc3)CC2)c1C. The lowest BCUT2D eigenvalue weighted by molar-refractivity contribution is 0.255. The molecule has 0 atom stereocenters. The van der Waals surface area contributed by atoms with Gasteiger partial charge in [-0.15, -0.1) is 0 Å². The van der Waals surface area contributed by atoms with Crippen LogP contribution in [0.25, 0.3) is 0 Å². The fraction of sp³-hybridized carbons (Fsp3) is 0.429. The molecule has 2 aromatic carbocycles. The van der Waals surface area contributed by atoms with E-state index in [1.165, 1.54) is 54.9 Å². The molecule has 23 heavy (non-hydrogen) atoms. The lowest BCUT2D eigenvalue weighted by atomic mass is 10.1. The number of hydrogen-bond donors (Lipinski definition) is 0. The number of benzene rings is 2. The minimum atomic E-state index is 1.15. The summed E-state index contributed by atoms with van der Waals surface area (Å²) in [6.07, 6.45) is 2.45. The van der Waals surface area contributed by atoms with Gasteiger partial charge in [0, 0.05) is 31.9 Å². The second-order valence-electron chi connectivity index (χ2n) is 6.64. The van der Waals surface area contributed by atoms with Gasteiger partial charge in [0.15, 0.2) is 0 Å². The van der Waals surface area contributed by atoms with Crippen molar-refractivity contribution in [2.75, 3.05) is 37.6 Å². The molecule has 2 heteroatoms. The molecule has 0 amide bonds. The van der Waals surface area contributed by atoms with Crippen LogP contribution in [-0.2, 0) is 6.42 Å². The molecule has 1 fully saturated rings. The Kier molecular flexibility index (Phi) is 5.35. The number of nitrogens with zero attached hydrogens (tertiary/aromatic N) is 2. The van der Waals surface area contributed by atoms with Crippen LogP contribution in [-0.4, -0.2) is 37.6 Å². The lowest BCUT2D eigenvalue weighted by Gasteiger charge is -2.37. The van der Waals surface area contributed by atoms with Crippen molar-refractivity contribution in [3.05, 3.63) is 65.2 Å². The van der Waals surface area contributed by atoms with E-state index in [0.717, 1.165) is 13.1 Å². The summed E-state index contributed by atoms with van der Waals surface area (Å²) in [6, 6.07) is 17.5. The van der Waals surface area contributed by atoms with Crippen LogP contribution in [0.4, 0.5) is 5.69 Å². The van der Waals surface area contributed by atoms with Crippen molar-refractivity contribution in [1.82, 2.24) is 4.90 Å². The fourth-order valence-corrected chi connectivity index (χ4v) is 3.44. The summed E-state index contributed by atoms with van der Waals surface area (Å²) in [5.74, 6) is 0. The zero-order chi connectivity index (χ0) is 16.1. The number of aryl methyl sites for hydroxylation is 2. The Hall–Kier alpha value is -1.80. The van der Waals surface area contributed by atoms with Crippen molar-refractivity contribution in [3.63, 3.8) is 0 Å². The van der Waals surface area contributed by atoms with E-state index < -0.39 is 0 Å². The van der Waals surface area contributed by atoms with Crippen molar-refractivity contribution < 1.29 is 0 Å². The summed E-state index contributed by atoms with van der Waals surface area (Å²) in [4.78, 5) is 5.17. The van der Waals surface area contributed by atoms with Crippen molar-refractivity contribution >= 4 is 5.69 Å². The molecule has 0 saturated carbocycles. The number of rotatable bonds is 5. The maximum absolute atomic E-state index is 2.62. The topological polar surface area (TPSA) is 6.48 Å². The van der Waals surface area contributed by atoms with Crippen LogP contribution in [0.3, 0.4) is 0 Å². The molecule has 0 N–H and O–H groups in total. The lowest BCUT2D eigenvalue weighted by Crippen LogP contribution is -2.46. The van der Waals surface area contributed by atoms with Crippen molar-refractivity contribution in [3.8, 4) is 0 Å². The Balaban J connectivity index is 1.46. The van der Waals surface area contributed by atoms with Crippen LogP contribution >= 0.6 is 0 Å². The van der Waals surface area contributed by atoms with E-state index >= 15 is 0 Å². The van der Waals surface area contributed by atoms with Gasteiger partial charge >= 0.3 is 0 Å². The van der Waals surface area contributed by atoms with E-state index in [9.17, 15) is 0 Å². The first kappa shape index (κ1) is 16.1. The second-order valence-corrected chi connectivity index (χ2v) is 6.64. The Labute approximate surface area is 140 Å². The zero-order valence-electron chi connectivity index (χ0n) is 14.5. The van der Waals surface area contributed by atoms with Crippen molar-refractivity contribution in [1.29, 1.82) is 0 Å². The van der Waals surface area contributed by atoms with Gasteiger partial charge in [-0.2, -0.15) is 0 Å². The molecule has 0 aromatic heterocycles. The first-order chi connectivity index (χ1) is 11.2. The maximum atomic E-state index is 2.62. The molecule has 1 aliphatic heterocycles. The van der Waals surface area contributed by atoms with Crippen LogP contribution in [0.5, 0.6) is 0 Å². The highest BCUT2D eigenvalue weighted by Crippen LogP contribution is 2.23. The van der Waals surface area contributed by atoms with Gasteiger partial charge in [0.1, 0.15) is 0 Å². The van der Waals surface area contributed by atoms with Crippen LogP contribution < -0.4 is 4.90 Å². The predicted octanol–water partition coefficient (Wildman–Crippen LogP) is 4.06. The van der Waals surface area contributed by atoms with Gasteiger partial charge in [0.2, 0.25) is 0 Å². The zero-order valence-corrected chi connectivity index (χ0v) is 14.5. The average molecular weight is 308 g/mol. The Morgan fingerprint density at radius 3 is 2.30 bits per heavy atom. The summed E-state index contributed by atoms with van der Waals surface area (Å²) in [7, 11) is 0. The third-order valence-corrected chi connectivity index (χ3v) is 5.07. The molecule has 2 aromatic rings. The largest absolute Gasteiger partial charge is 0.369 e. The fourth-order valence-electron chi connectivity index (χ4n) is 3.44. The Bertz CT molecular complexity index is 613. The summed E-state index contributed by atoms with van der Waals surface area (Å²) in [5.41, 5.74) is 5.72. The van der Waals surface area contributed by atoms with Crippen molar-refractivity contribution in [2.24, 2.45) is 0 Å². The number of piperazine rings is 1. The minimum Gasteiger partial charge on any atom is -0.369 e. The summed E-state index contributed by atoms with van der Waals surface area (Å²) >= 11 is 0. The summed E-state index contributed by atoms with van der Waals surface area (Å²) in [6.45, 7) is 10.3. The Morgan fingerprint density at radius 2 is 1.57 bits per heavy atom. The summed E-state index contributed by atoms with van der Waals surface area (Å²) in [5, 5.41) is 0. The van der Waals surface area contributed by atoms with Gasteiger partial charge in [-0.25, -0.2) is 0 Å². The minimum absolute atomic E-state index is 1.15. The van der Waals surface area contributed by atoms with Crippen molar-refractivity contribution in [2.45, 2.75) is 26.7 Å². The first-order valence-corrected chi connectivity index (χ1v) is 8.81. The smallest absolute Gasteiger partial charge is 0.0399 e. The normalized spacial score (nSPS) is 15.8. The standard InChI is InChI=1S/C21H28N2/c1-18-8-6-12-21(19(18)2)23-16-14-22(15-17-23)13-7-11-20-9-4-3-5-10-20/h3-6,8-10,12H,7,11,13-17H2,1-2H3. The van der Waals surface area contributed by atoms with E-state index in [2.05, 4.69) is 72.2 Å². The molecular formula is C21H28N2. The molecule has 1 aliphatic rings. The van der Waals surface area contributed by atoms with E-state index in [1.807, 2.05) is 0 Å². The van der Waals surface area contributed by atoms with Crippen LogP contribution in [0.1, 0.15) is 23.1 Å². The van der Waals surface area contributed by atoms with Gasteiger partial charge in [0.05, 0.1) is 0 Å². The molecule has 1 saturated heterocycles. The van der Waals surface area contributed by atoms with Gasteiger partial charge in [-0.05, 0) is 56.0 Å². The monoisotopic (exact) mass is 308 g/mol. The molecule has 0 spiro atoms. The van der Waals surface area contributed by atoms with Gasteiger partial charge < -0.3 is 4.90 Å². The average Bonchev–Trinajstić information content (AvgIpc) is 2.59. The second kappa shape index (κ2) is 7.65. The van der Waals surface area contributed by atoms with Gasteiger partial charge in [0.25, 0.3) is 0 Å². The third-order valence-electron chi connectivity index (χ3n) is 5.07. The van der Waals surface area contributed by atoms with Crippen LogP contribution in [0, 0.1) is 13.8 Å². The van der Waals surface area contributed by atoms with Crippen LogP contribution in [0.15, 0.2) is 48.5 Å². The van der Waals surface area contributed by atoms with E-state index in [0.29, 0.717) is 0 Å². The molecule has 2 nitrogen and oxygen atoms in total. The Morgan fingerprint density at radius 1 is 0.826 bits per heavy atom. The molecule has 0 unspecified atom stereocenters. The summed E-state index contributed by atoms with van der Waals surface area (Å²) < 4.78 is 0. The van der Waals surface area contributed by atoms with E-state index in [-0.39, 0.29) is 0 Å². The maximum Gasteiger partial charge on any atom is 0.0399 e. The first-order valence-electron chi connectivity index (χ1n) is 8.81. The molecule has 0 radical (unpaired) electrons. The quantitative estimate of drug-likeness (QED) is 0.822. The predicted molar refractivity (Wildman–Crippen MR) is 99.3 cm³/mol. The van der Waals surface area contributed by atoms with Gasteiger partial charge in [-0.3, -0.25) is 4.90 Å². The highest BCUT2D eigenvalue weighted by molar-refractivity contribution is 5.56. The highest BCUT2D eigenvalue weighted by atomic mass is 15.3. The number of anilines is 1. The van der Waals surface area contributed by atoms with Gasteiger partial charge in [-0.1, -0.05) is 42.5 Å². The molecule has 0 bridgehead atoms. The number of hydrogen-bond acceptors (Lipinski definition) is 2. The van der Waals surface area contributed by atoms with E-state index in [1.54, 1.807) is 0 Å². The molecule has 3 rings (SSSR count). The molecular weight excluding hydrogens is 280 g/mol. The highest BCUT2D eigenvalue weighted by Gasteiger charge is 2.18. The van der Waals surface area contributed by atoms with E-state index in [4.69, 9.17) is 0 Å². The molecule has 1 heterocycles.